The number of para-hydroxylation sites is 1. The van der Waals surface area contributed by atoms with Gasteiger partial charge in [0, 0.05) is 23.3 Å². The molecular weight excluding hydrogens is 220 g/mol. The smallest absolute Gasteiger partial charge is 0.0755 e. The van der Waals surface area contributed by atoms with Crippen LogP contribution in [-0.2, 0) is 12.8 Å². The van der Waals surface area contributed by atoms with Crippen molar-refractivity contribution in [3.05, 3.63) is 35.0 Å². The summed E-state index contributed by atoms with van der Waals surface area (Å²) in [6, 6.07) is 6.48. The van der Waals surface area contributed by atoms with E-state index >= 15 is 0 Å². The van der Waals surface area contributed by atoms with Gasteiger partial charge in [0.2, 0.25) is 0 Å². The van der Waals surface area contributed by atoms with Crippen molar-refractivity contribution in [2.45, 2.75) is 39.5 Å². The van der Waals surface area contributed by atoms with Crippen molar-refractivity contribution in [3.63, 3.8) is 0 Å². The maximum absolute atomic E-state index is 4.92. The van der Waals surface area contributed by atoms with Crippen LogP contribution >= 0.6 is 0 Å². The number of pyridine rings is 1. The lowest BCUT2D eigenvalue weighted by Gasteiger charge is -2.21. The van der Waals surface area contributed by atoms with Crippen LogP contribution in [0.3, 0.4) is 0 Å². The highest BCUT2D eigenvalue weighted by Crippen LogP contribution is 2.34. The predicted octanol–water partition coefficient (Wildman–Crippen LogP) is 3.85. The molecule has 0 radical (unpaired) electrons. The van der Waals surface area contributed by atoms with Gasteiger partial charge >= 0.3 is 0 Å². The number of nitrogens with zero attached hydrogens (tertiary/aromatic N) is 1. The summed E-state index contributed by atoms with van der Waals surface area (Å²) in [4.78, 5) is 4.92. The lowest BCUT2D eigenvalue weighted by atomic mass is 9.92. The summed E-state index contributed by atoms with van der Waals surface area (Å²) >= 11 is 0. The molecule has 18 heavy (non-hydrogen) atoms. The molecule has 0 unspecified atom stereocenters. The number of hydrogen-bond acceptors (Lipinski definition) is 2. The summed E-state index contributed by atoms with van der Waals surface area (Å²) in [6.07, 6.45) is 4.89. The van der Waals surface area contributed by atoms with Gasteiger partial charge in [-0.2, -0.15) is 0 Å². The molecule has 3 rings (SSSR count). The molecule has 0 aliphatic heterocycles. The van der Waals surface area contributed by atoms with E-state index in [0.29, 0.717) is 0 Å². The molecule has 2 heteroatoms. The Bertz CT molecular complexity index is 587. The molecule has 1 heterocycles. The van der Waals surface area contributed by atoms with Crippen molar-refractivity contribution in [1.29, 1.82) is 0 Å². The summed E-state index contributed by atoms with van der Waals surface area (Å²) < 4.78 is 0. The minimum atomic E-state index is 0.972. The van der Waals surface area contributed by atoms with Gasteiger partial charge in [-0.05, 0) is 50.7 Å². The largest absolute Gasteiger partial charge is 0.384 e. The summed E-state index contributed by atoms with van der Waals surface area (Å²) in [5, 5.41) is 4.86. The second-order valence-corrected chi connectivity index (χ2v) is 5.12. The lowest BCUT2D eigenvalue weighted by molar-refractivity contribution is 0.672. The predicted molar refractivity (Wildman–Crippen MR) is 77.3 cm³/mol. The van der Waals surface area contributed by atoms with E-state index in [-0.39, 0.29) is 0 Å². The van der Waals surface area contributed by atoms with E-state index < -0.39 is 0 Å². The van der Waals surface area contributed by atoms with Crippen LogP contribution < -0.4 is 5.32 Å². The number of fused-ring (bicyclic) bond motifs is 2. The van der Waals surface area contributed by atoms with Crippen LogP contribution in [0.1, 0.15) is 36.6 Å². The molecule has 0 bridgehead atoms. The van der Waals surface area contributed by atoms with Gasteiger partial charge in [-0.15, -0.1) is 0 Å². The van der Waals surface area contributed by atoms with Crippen molar-refractivity contribution in [2.75, 3.05) is 11.9 Å². The highest BCUT2D eigenvalue weighted by Gasteiger charge is 2.18. The third-order valence-corrected chi connectivity index (χ3v) is 3.85. The van der Waals surface area contributed by atoms with E-state index in [9.17, 15) is 0 Å². The van der Waals surface area contributed by atoms with Gasteiger partial charge in [0.05, 0.1) is 5.52 Å². The van der Waals surface area contributed by atoms with Gasteiger partial charge in [-0.25, -0.2) is 0 Å². The topological polar surface area (TPSA) is 24.9 Å². The van der Waals surface area contributed by atoms with Crippen molar-refractivity contribution in [2.24, 2.45) is 0 Å². The van der Waals surface area contributed by atoms with Crippen LogP contribution in [0.4, 0.5) is 5.69 Å². The number of aromatic nitrogens is 1. The Balaban J connectivity index is 2.33. The molecular formula is C16H20N2. The minimum Gasteiger partial charge on any atom is -0.384 e. The maximum atomic E-state index is 4.92. The molecule has 0 saturated carbocycles. The number of aryl methyl sites for hydroxylation is 2. The molecule has 0 spiro atoms. The van der Waals surface area contributed by atoms with Gasteiger partial charge in [-0.3, -0.25) is 4.98 Å². The fourth-order valence-corrected chi connectivity index (χ4v) is 2.97. The average molecular weight is 240 g/mol. The zero-order chi connectivity index (χ0) is 12.5. The normalized spacial score (nSPS) is 14.6. The van der Waals surface area contributed by atoms with E-state index in [1.807, 2.05) is 0 Å². The van der Waals surface area contributed by atoms with Crippen molar-refractivity contribution in [1.82, 2.24) is 4.98 Å². The van der Waals surface area contributed by atoms with Gasteiger partial charge in [0.15, 0.2) is 0 Å². The lowest BCUT2D eigenvalue weighted by Crippen LogP contribution is -2.11. The first-order valence-electron chi connectivity index (χ1n) is 6.96. The van der Waals surface area contributed by atoms with Crippen LogP contribution in [-0.4, -0.2) is 11.5 Å². The molecule has 94 valence electrons. The molecule has 0 saturated heterocycles. The second kappa shape index (κ2) is 4.60. The van der Waals surface area contributed by atoms with E-state index in [1.165, 1.54) is 52.7 Å². The Kier molecular flexibility index (Phi) is 2.94. The van der Waals surface area contributed by atoms with Crippen molar-refractivity contribution in [3.8, 4) is 0 Å². The summed E-state index contributed by atoms with van der Waals surface area (Å²) in [6.45, 7) is 5.29. The average Bonchev–Trinajstić information content (AvgIpc) is 2.40. The highest BCUT2D eigenvalue weighted by molar-refractivity contribution is 5.95. The number of benzene rings is 1. The maximum Gasteiger partial charge on any atom is 0.0755 e. The molecule has 2 nitrogen and oxygen atoms in total. The van der Waals surface area contributed by atoms with Crippen LogP contribution in [0, 0.1) is 6.92 Å². The Morgan fingerprint density at radius 1 is 1.22 bits per heavy atom. The van der Waals surface area contributed by atoms with Gasteiger partial charge in [-0.1, -0.05) is 18.2 Å². The first-order chi connectivity index (χ1) is 8.81. The minimum absolute atomic E-state index is 0.972. The summed E-state index contributed by atoms with van der Waals surface area (Å²) in [5.41, 5.74) is 6.57. The van der Waals surface area contributed by atoms with E-state index in [0.717, 1.165) is 13.0 Å². The van der Waals surface area contributed by atoms with Gasteiger partial charge < -0.3 is 5.32 Å². The standard InChI is InChI=1S/C16H20N2/c1-3-17-16-12-8-4-5-10-14(12)18-15-11(2)7-6-9-13(15)16/h6-7,9H,3-5,8,10H2,1-2H3,(H,17,18). The monoisotopic (exact) mass is 240 g/mol. The molecule has 1 N–H and O–H groups in total. The van der Waals surface area contributed by atoms with Crippen LogP contribution in [0.5, 0.6) is 0 Å². The second-order valence-electron chi connectivity index (χ2n) is 5.12. The highest BCUT2D eigenvalue weighted by atomic mass is 14.9. The Labute approximate surface area is 108 Å². The first-order valence-corrected chi connectivity index (χ1v) is 6.96. The zero-order valence-corrected chi connectivity index (χ0v) is 11.2. The number of nitrogens with one attached hydrogen (secondary N) is 1. The van der Waals surface area contributed by atoms with Crippen molar-refractivity contribution >= 4 is 16.6 Å². The van der Waals surface area contributed by atoms with Crippen LogP contribution in [0.2, 0.25) is 0 Å². The molecule has 0 fully saturated rings. The van der Waals surface area contributed by atoms with E-state index in [4.69, 9.17) is 4.98 Å². The molecule has 1 aliphatic rings. The molecule has 0 amide bonds. The van der Waals surface area contributed by atoms with Crippen LogP contribution in [0.15, 0.2) is 18.2 Å². The zero-order valence-electron chi connectivity index (χ0n) is 11.2. The van der Waals surface area contributed by atoms with E-state index in [2.05, 4.69) is 37.4 Å². The van der Waals surface area contributed by atoms with Crippen LogP contribution in [0.25, 0.3) is 10.9 Å². The number of rotatable bonds is 2. The summed E-state index contributed by atoms with van der Waals surface area (Å²) in [7, 11) is 0. The molecule has 0 atom stereocenters. The Morgan fingerprint density at radius 3 is 2.89 bits per heavy atom. The van der Waals surface area contributed by atoms with E-state index in [1.54, 1.807) is 0 Å². The third-order valence-electron chi connectivity index (χ3n) is 3.85. The molecule has 1 aromatic carbocycles. The Hall–Kier alpha value is -1.57. The van der Waals surface area contributed by atoms with Crippen molar-refractivity contribution < 1.29 is 0 Å². The molecule has 2 aromatic rings. The summed E-state index contributed by atoms with van der Waals surface area (Å²) in [5.74, 6) is 0. The third kappa shape index (κ3) is 1.76. The molecule has 1 aromatic heterocycles. The van der Waals surface area contributed by atoms with Gasteiger partial charge in [0.1, 0.15) is 0 Å². The fraction of sp³-hybridized carbons (Fsp3) is 0.438. The fourth-order valence-electron chi connectivity index (χ4n) is 2.97. The Morgan fingerprint density at radius 2 is 2.06 bits per heavy atom. The quantitative estimate of drug-likeness (QED) is 0.862. The first kappa shape index (κ1) is 11.5. The molecule has 1 aliphatic carbocycles. The SMILES string of the molecule is CCNc1c2c(nc3c(C)cccc13)CCCC2. The number of hydrogen-bond donors (Lipinski definition) is 1. The van der Waals surface area contributed by atoms with Gasteiger partial charge in [0.25, 0.3) is 0 Å². The number of anilines is 1.